The van der Waals surface area contributed by atoms with Gasteiger partial charge in [-0.3, -0.25) is 4.79 Å². The van der Waals surface area contributed by atoms with Gasteiger partial charge in [0.25, 0.3) is 5.91 Å². The maximum absolute atomic E-state index is 11.9. The molecule has 29 heavy (non-hydrogen) atoms. The quantitative estimate of drug-likeness (QED) is 0.512. The summed E-state index contributed by atoms with van der Waals surface area (Å²) >= 11 is 0. The molecule has 144 valence electrons. The molecule has 3 aromatic rings. The van der Waals surface area contributed by atoms with Gasteiger partial charge in [-0.25, -0.2) is 4.79 Å². The first-order valence-corrected chi connectivity index (χ1v) is 8.80. The maximum Gasteiger partial charge on any atom is 0.331 e. The zero-order valence-electron chi connectivity index (χ0n) is 15.7. The number of carbonyl (C=O) groups is 2. The molecule has 0 aliphatic carbocycles. The first-order valence-electron chi connectivity index (χ1n) is 8.80. The molecular formula is C23H18N2O4. The monoisotopic (exact) mass is 386 g/mol. The van der Waals surface area contributed by atoms with E-state index in [1.54, 1.807) is 37.5 Å². The summed E-state index contributed by atoms with van der Waals surface area (Å²) in [7, 11) is 1.62. The number of nitrogens with one attached hydrogen (secondary N) is 1. The van der Waals surface area contributed by atoms with Gasteiger partial charge in [0.2, 0.25) is 0 Å². The Morgan fingerprint density at radius 1 is 1.03 bits per heavy atom. The van der Waals surface area contributed by atoms with Crippen molar-refractivity contribution in [3.8, 4) is 11.8 Å². The molecule has 0 aromatic heterocycles. The topological polar surface area (TPSA) is 88.4 Å². The first kappa shape index (κ1) is 19.6. The second-order valence-corrected chi connectivity index (χ2v) is 6.15. The van der Waals surface area contributed by atoms with E-state index in [0.717, 1.165) is 22.1 Å². The Bertz CT molecular complexity index is 1110. The average Bonchev–Trinajstić information content (AvgIpc) is 2.76. The number of rotatable bonds is 6. The molecule has 0 spiro atoms. The number of nitriles is 1. The molecule has 1 amide bonds. The summed E-state index contributed by atoms with van der Waals surface area (Å²) in [5, 5.41) is 13.4. The zero-order valence-corrected chi connectivity index (χ0v) is 15.7. The van der Waals surface area contributed by atoms with Crippen LogP contribution in [0.15, 0.2) is 66.7 Å². The van der Waals surface area contributed by atoms with Crippen LogP contribution in [0, 0.1) is 11.3 Å². The van der Waals surface area contributed by atoms with Crippen LogP contribution in [-0.4, -0.2) is 25.6 Å². The number of hydrogen-bond donors (Lipinski definition) is 1. The van der Waals surface area contributed by atoms with E-state index in [-0.39, 0.29) is 0 Å². The summed E-state index contributed by atoms with van der Waals surface area (Å²) in [6.07, 6.45) is 2.91. The van der Waals surface area contributed by atoms with Crippen molar-refractivity contribution in [2.45, 2.75) is 0 Å². The predicted octanol–water partition coefficient (Wildman–Crippen LogP) is 3.92. The Kier molecular flexibility index (Phi) is 6.23. The lowest BCUT2D eigenvalue weighted by molar-refractivity contribution is -0.142. The normalized spacial score (nSPS) is 10.5. The number of esters is 1. The average molecular weight is 386 g/mol. The van der Waals surface area contributed by atoms with Crippen LogP contribution in [0.4, 0.5) is 5.69 Å². The third-order valence-corrected chi connectivity index (χ3v) is 4.13. The van der Waals surface area contributed by atoms with Gasteiger partial charge < -0.3 is 14.8 Å². The van der Waals surface area contributed by atoms with E-state index in [1.807, 2.05) is 42.5 Å². The zero-order chi connectivity index (χ0) is 20.6. The Morgan fingerprint density at radius 3 is 2.48 bits per heavy atom. The van der Waals surface area contributed by atoms with Crippen LogP contribution in [0.2, 0.25) is 0 Å². The van der Waals surface area contributed by atoms with Crippen molar-refractivity contribution in [3.63, 3.8) is 0 Å². The fourth-order valence-electron chi connectivity index (χ4n) is 2.65. The molecule has 3 rings (SSSR count). The number of anilines is 1. The van der Waals surface area contributed by atoms with Crippen LogP contribution in [-0.2, 0) is 14.3 Å². The number of benzene rings is 3. The predicted molar refractivity (Wildman–Crippen MR) is 110 cm³/mol. The fraction of sp³-hybridized carbons (Fsp3) is 0.0870. The van der Waals surface area contributed by atoms with Gasteiger partial charge in [0.1, 0.15) is 5.75 Å². The van der Waals surface area contributed by atoms with Crippen LogP contribution < -0.4 is 10.1 Å². The fourth-order valence-corrected chi connectivity index (χ4v) is 2.65. The molecule has 0 saturated heterocycles. The SMILES string of the molecule is COc1ccc2cc(/C=C/C(=O)OCC(=O)Nc3ccc(C#N)cc3)ccc2c1. The van der Waals surface area contributed by atoms with Crippen LogP contribution in [0.25, 0.3) is 16.8 Å². The van der Waals surface area contributed by atoms with E-state index in [1.165, 1.54) is 6.08 Å². The molecule has 0 aliphatic rings. The largest absolute Gasteiger partial charge is 0.497 e. The van der Waals surface area contributed by atoms with Crippen molar-refractivity contribution in [3.05, 3.63) is 77.9 Å². The second kappa shape index (κ2) is 9.20. The number of fused-ring (bicyclic) bond motifs is 1. The second-order valence-electron chi connectivity index (χ2n) is 6.15. The molecule has 0 fully saturated rings. The lowest BCUT2D eigenvalue weighted by atomic mass is 10.1. The highest BCUT2D eigenvalue weighted by atomic mass is 16.5. The smallest absolute Gasteiger partial charge is 0.331 e. The minimum atomic E-state index is -0.616. The van der Waals surface area contributed by atoms with Gasteiger partial charge in [-0.05, 0) is 64.9 Å². The summed E-state index contributed by atoms with van der Waals surface area (Å²) in [6.45, 7) is -0.402. The van der Waals surface area contributed by atoms with Crippen molar-refractivity contribution in [1.29, 1.82) is 5.26 Å². The summed E-state index contributed by atoms with van der Waals surface area (Å²) in [4.78, 5) is 23.7. The number of nitrogens with zero attached hydrogens (tertiary/aromatic N) is 1. The van der Waals surface area contributed by atoms with Crippen LogP contribution >= 0.6 is 0 Å². The highest BCUT2D eigenvalue weighted by molar-refractivity contribution is 5.95. The molecule has 0 unspecified atom stereocenters. The van der Waals surface area contributed by atoms with Gasteiger partial charge in [-0.15, -0.1) is 0 Å². The molecule has 6 heteroatoms. The lowest BCUT2D eigenvalue weighted by Gasteiger charge is -2.05. The molecular weight excluding hydrogens is 368 g/mol. The maximum atomic E-state index is 11.9. The molecule has 0 atom stereocenters. The minimum absolute atomic E-state index is 0.402. The third-order valence-electron chi connectivity index (χ3n) is 4.13. The van der Waals surface area contributed by atoms with Gasteiger partial charge in [0.05, 0.1) is 18.7 Å². The minimum Gasteiger partial charge on any atom is -0.497 e. The van der Waals surface area contributed by atoms with Gasteiger partial charge in [-0.2, -0.15) is 5.26 Å². The van der Waals surface area contributed by atoms with Gasteiger partial charge in [-0.1, -0.05) is 18.2 Å². The molecule has 0 radical (unpaired) electrons. The van der Waals surface area contributed by atoms with E-state index < -0.39 is 18.5 Å². The Balaban J connectivity index is 1.53. The van der Waals surface area contributed by atoms with Crippen molar-refractivity contribution >= 4 is 34.4 Å². The highest BCUT2D eigenvalue weighted by Gasteiger charge is 2.06. The Morgan fingerprint density at radius 2 is 1.76 bits per heavy atom. The van der Waals surface area contributed by atoms with Crippen LogP contribution in [0.5, 0.6) is 5.75 Å². The molecule has 6 nitrogen and oxygen atoms in total. The van der Waals surface area contributed by atoms with E-state index in [9.17, 15) is 9.59 Å². The third kappa shape index (κ3) is 5.44. The van der Waals surface area contributed by atoms with Gasteiger partial charge in [0, 0.05) is 11.8 Å². The van der Waals surface area contributed by atoms with Gasteiger partial charge in [0.15, 0.2) is 6.61 Å². The molecule has 1 N–H and O–H groups in total. The van der Waals surface area contributed by atoms with E-state index >= 15 is 0 Å². The molecule has 0 bridgehead atoms. The van der Waals surface area contributed by atoms with Gasteiger partial charge >= 0.3 is 5.97 Å². The Labute approximate surface area is 168 Å². The highest BCUT2D eigenvalue weighted by Crippen LogP contribution is 2.22. The number of carbonyl (C=O) groups excluding carboxylic acids is 2. The Hall–Kier alpha value is -4.11. The summed E-state index contributed by atoms with van der Waals surface area (Å²) in [6, 6.07) is 19.9. The molecule has 3 aromatic carbocycles. The number of amides is 1. The molecule has 0 aliphatic heterocycles. The number of ether oxygens (including phenoxy) is 2. The van der Waals surface area contributed by atoms with Crippen molar-refractivity contribution < 1.29 is 19.1 Å². The van der Waals surface area contributed by atoms with Crippen molar-refractivity contribution in [2.24, 2.45) is 0 Å². The van der Waals surface area contributed by atoms with Crippen LogP contribution in [0.3, 0.4) is 0 Å². The summed E-state index contributed by atoms with van der Waals surface area (Å²) < 4.78 is 10.2. The van der Waals surface area contributed by atoms with Crippen molar-refractivity contribution in [1.82, 2.24) is 0 Å². The van der Waals surface area contributed by atoms with Crippen molar-refractivity contribution in [2.75, 3.05) is 19.0 Å². The lowest BCUT2D eigenvalue weighted by Crippen LogP contribution is -2.20. The molecule has 0 saturated carbocycles. The number of methoxy groups -OCH3 is 1. The van der Waals surface area contributed by atoms with Crippen LogP contribution in [0.1, 0.15) is 11.1 Å². The van der Waals surface area contributed by atoms with E-state index in [2.05, 4.69) is 5.32 Å². The van der Waals surface area contributed by atoms with E-state index in [4.69, 9.17) is 14.7 Å². The van der Waals surface area contributed by atoms with E-state index in [0.29, 0.717) is 11.3 Å². The summed E-state index contributed by atoms with van der Waals surface area (Å²) in [5.41, 5.74) is 1.85. The summed E-state index contributed by atoms with van der Waals surface area (Å²) in [5.74, 6) is -0.297. The number of hydrogen-bond acceptors (Lipinski definition) is 5. The molecule has 0 heterocycles. The first-order chi connectivity index (χ1) is 14.1. The standard InChI is InChI=1S/C23H18N2O4/c1-28-21-10-7-18-12-16(2-6-19(18)13-21)5-11-23(27)29-15-22(26)25-20-8-3-17(14-24)4-9-20/h2-13H,15H2,1H3,(H,25,26)/b11-5+.